The predicted molar refractivity (Wildman–Crippen MR) is 232 cm³/mol. The van der Waals surface area contributed by atoms with Gasteiger partial charge in [0.15, 0.2) is 0 Å². The molecule has 3 heteroatoms. The van der Waals surface area contributed by atoms with Gasteiger partial charge in [-0.25, -0.2) is 0 Å². The Morgan fingerprint density at radius 3 is 1.42 bits per heavy atom. The van der Waals surface area contributed by atoms with Gasteiger partial charge in [0, 0.05) is 5.66 Å². The highest BCUT2D eigenvalue weighted by molar-refractivity contribution is 7.70. The van der Waals surface area contributed by atoms with Gasteiger partial charge in [0.05, 0.1) is 22.4 Å². The molecule has 2 nitrogen and oxygen atoms in total. The topological polar surface area (TPSA) is 9.86 Å². The van der Waals surface area contributed by atoms with Crippen LogP contribution in [0, 0.1) is 46.7 Å². The van der Waals surface area contributed by atoms with E-state index in [4.69, 9.17) is 0 Å². The third-order valence-corrected chi connectivity index (χ3v) is 19.6. The van der Waals surface area contributed by atoms with E-state index in [0.29, 0.717) is 5.66 Å². The van der Waals surface area contributed by atoms with E-state index in [1.54, 1.807) is 10.8 Å². The molecule has 0 saturated heterocycles. The van der Waals surface area contributed by atoms with Crippen molar-refractivity contribution in [3.8, 4) is 11.4 Å². The van der Waals surface area contributed by atoms with Crippen LogP contribution in [0.25, 0.3) is 28.5 Å². The van der Waals surface area contributed by atoms with E-state index in [1.807, 2.05) is 0 Å². The second-order valence-corrected chi connectivity index (χ2v) is 21.4. The second-order valence-electron chi connectivity index (χ2n) is 17.3. The number of allylic oxidation sites excluding steroid dienone is 1. The average molecular weight is 723 g/mol. The van der Waals surface area contributed by atoms with Crippen LogP contribution >= 0.6 is 6.89 Å². The standard InChI is InChI=1S/C50H63N2P/c1-35-30-37(3)48(38(4)31-35)51-45-27-17-18-28-46(45)52(49-39(5)32-36(2)33-40(49)6)50(51)53(43-23-12-8-13-24-43,44-25-14-9-15-26-44)47-29-19-16-22-42(47)34-41-20-10-7-11-21-41/h7,10-11,17-18,20-21,27-28,30-34,43-44,47H,8-9,12-16,19,22-26,29H2,1-6H3. The number of hydrogen-bond donors (Lipinski definition) is 0. The molecule has 3 fully saturated rings. The molecule has 0 radical (unpaired) electrons. The lowest BCUT2D eigenvalue weighted by Gasteiger charge is -2.51. The summed E-state index contributed by atoms with van der Waals surface area (Å²) in [5, 5.41) is 1.70. The number of aromatic nitrogens is 2. The Hall–Kier alpha value is -3.48. The number of benzene rings is 4. The van der Waals surface area contributed by atoms with Crippen molar-refractivity contribution < 1.29 is 0 Å². The minimum absolute atomic E-state index is 0.606. The Morgan fingerprint density at radius 1 is 0.509 bits per heavy atom. The maximum atomic E-state index is 2.92. The molecule has 1 unspecified atom stereocenters. The van der Waals surface area contributed by atoms with Gasteiger partial charge < -0.3 is 0 Å². The van der Waals surface area contributed by atoms with Crippen LogP contribution in [0.15, 0.2) is 84.4 Å². The Morgan fingerprint density at radius 2 is 0.943 bits per heavy atom. The van der Waals surface area contributed by atoms with Crippen molar-refractivity contribution in [1.29, 1.82) is 0 Å². The van der Waals surface area contributed by atoms with E-state index in [-0.39, 0.29) is 0 Å². The first-order valence-corrected chi connectivity index (χ1v) is 23.1. The zero-order valence-electron chi connectivity index (χ0n) is 33.6. The van der Waals surface area contributed by atoms with E-state index in [1.165, 1.54) is 151 Å². The summed E-state index contributed by atoms with van der Waals surface area (Å²) in [5.41, 5.74) is 19.2. The molecule has 0 N–H and O–H groups in total. The van der Waals surface area contributed by atoms with Crippen LogP contribution in [0.5, 0.6) is 0 Å². The van der Waals surface area contributed by atoms with Crippen molar-refractivity contribution in [2.45, 2.75) is 148 Å². The maximum Gasteiger partial charge on any atom is 0.118 e. The van der Waals surface area contributed by atoms with E-state index in [2.05, 4.69) is 136 Å². The van der Waals surface area contributed by atoms with Gasteiger partial charge in [0.2, 0.25) is 0 Å². The number of aryl methyl sites for hydroxylation is 6. The zero-order chi connectivity index (χ0) is 36.7. The monoisotopic (exact) mass is 722 g/mol. The Labute approximate surface area is 320 Å². The first-order chi connectivity index (χ1) is 25.8. The van der Waals surface area contributed by atoms with Gasteiger partial charge in [0.25, 0.3) is 0 Å². The van der Waals surface area contributed by atoms with Gasteiger partial charge in [-0.3, -0.25) is 9.13 Å². The molecule has 3 aliphatic rings. The molecule has 3 saturated carbocycles. The molecule has 0 amide bonds. The van der Waals surface area contributed by atoms with Gasteiger partial charge >= 0.3 is 0 Å². The fraction of sp³-hybridized carbons (Fsp3) is 0.460. The minimum Gasteiger partial charge on any atom is -0.294 e. The lowest BCUT2D eigenvalue weighted by atomic mass is 9.92. The fourth-order valence-corrected chi connectivity index (χ4v) is 19.2. The quantitative estimate of drug-likeness (QED) is 0.154. The van der Waals surface area contributed by atoms with Gasteiger partial charge in [-0.1, -0.05) is 134 Å². The number of para-hydroxylation sites is 2. The van der Waals surface area contributed by atoms with Crippen molar-refractivity contribution in [2.24, 2.45) is 0 Å². The Bertz CT molecular complexity index is 2070. The van der Waals surface area contributed by atoms with Gasteiger partial charge in [-0.05, 0) is 145 Å². The normalized spacial score (nSPS) is 20.0. The highest BCUT2D eigenvalue weighted by atomic mass is 31.2. The molecule has 8 rings (SSSR count). The molecule has 1 aromatic heterocycles. The van der Waals surface area contributed by atoms with Crippen molar-refractivity contribution >= 4 is 24.0 Å². The summed E-state index contributed by atoms with van der Waals surface area (Å²) in [4.78, 5) is 0. The fourth-order valence-electron chi connectivity index (χ4n) is 11.7. The van der Waals surface area contributed by atoms with Crippen LogP contribution in [0.1, 0.15) is 129 Å². The first-order valence-electron chi connectivity index (χ1n) is 21.1. The van der Waals surface area contributed by atoms with Crippen molar-refractivity contribution in [1.82, 2.24) is 9.13 Å². The van der Waals surface area contributed by atoms with E-state index in [9.17, 15) is 0 Å². The molecule has 1 heterocycles. The number of nitrogens with zero attached hydrogens (tertiary/aromatic N) is 2. The van der Waals surface area contributed by atoms with Crippen molar-refractivity contribution in [3.05, 3.63) is 129 Å². The SMILES string of the molecule is Cc1cc(C)c(-n2c(=P(C3CCCCC3)(C3CCCCC3)C3CCCCC3=Cc3ccccc3)n(-c3c(C)cc(C)cc3C)c3ccccc32)c(C)c1. The summed E-state index contributed by atoms with van der Waals surface area (Å²) in [6.45, 7) is 12.1. The van der Waals surface area contributed by atoms with E-state index >= 15 is 0 Å². The van der Waals surface area contributed by atoms with Crippen LogP contribution in [0.2, 0.25) is 0 Å². The van der Waals surface area contributed by atoms with Crippen LogP contribution in [0.4, 0.5) is 0 Å². The molecule has 0 aliphatic heterocycles. The number of hydrogen-bond acceptors (Lipinski definition) is 0. The molecular formula is C50H63N2P. The first kappa shape index (κ1) is 36.5. The average Bonchev–Trinajstić information content (AvgIpc) is 3.47. The molecule has 278 valence electrons. The number of imidazole rings is 1. The molecular weight excluding hydrogens is 660 g/mol. The summed E-state index contributed by atoms with van der Waals surface area (Å²) >= 11 is 0. The molecule has 53 heavy (non-hydrogen) atoms. The number of fused-ring (bicyclic) bond motifs is 1. The molecule has 5 aromatic rings. The molecule has 0 spiro atoms. The van der Waals surface area contributed by atoms with E-state index in [0.717, 1.165) is 11.3 Å². The van der Waals surface area contributed by atoms with Crippen LogP contribution in [-0.2, 0) is 0 Å². The smallest absolute Gasteiger partial charge is 0.118 e. The summed E-state index contributed by atoms with van der Waals surface area (Å²) in [6.07, 6.45) is 21.8. The molecule has 3 aliphatic carbocycles. The lowest BCUT2D eigenvalue weighted by molar-refractivity contribution is 0.472. The third kappa shape index (κ3) is 6.56. The van der Waals surface area contributed by atoms with Crippen LogP contribution in [-0.4, -0.2) is 26.1 Å². The minimum atomic E-state index is -1.99. The highest BCUT2D eigenvalue weighted by Gasteiger charge is 2.47. The van der Waals surface area contributed by atoms with E-state index < -0.39 is 6.89 Å². The largest absolute Gasteiger partial charge is 0.294 e. The van der Waals surface area contributed by atoms with Crippen molar-refractivity contribution in [3.63, 3.8) is 0 Å². The lowest BCUT2D eigenvalue weighted by Crippen LogP contribution is -2.34. The molecule has 0 bridgehead atoms. The Balaban J connectivity index is 1.69. The summed E-state index contributed by atoms with van der Waals surface area (Å²) in [5.74, 6) is 0. The summed E-state index contributed by atoms with van der Waals surface area (Å²) in [7, 11) is 0. The predicted octanol–water partition coefficient (Wildman–Crippen LogP) is 14.5. The van der Waals surface area contributed by atoms with Gasteiger partial charge in [-0.2, -0.15) is 0 Å². The molecule has 1 atom stereocenters. The zero-order valence-corrected chi connectivity index (χ0v) is 34.5. The van der Waals surface area contributed by atoms with Crippen LogP contribution < -0.4 is 0 Å². The van der Waals surface area contributed by atoms with Crippen LogP contribution in [0.3, 0.4) is 0 Å². The van der Waals surface area contributed by atoms with Gasteiger partial charge in [-0.15, -0.1) is 0 Å². The maximum absolute atomic E-state index is 2.92. The third-order valence-electron chi connectivity index (χ3n) is 13.5. The van der Waals surface area contributed by atoms with Gasteiger partial charge in [0.1, 0.15) is 5.20 Å². The highest BCUT2D eigenvalue weighted by Crippen LogP contribution is 2.72. The molecule has 4 aromatic carbocycles. The second kappa shape index (κ2) is 15.3. The summed E-state index contributed by atoms with van der Waals surface area (Å²) < 4.78 is 5.84. The Kier molecular flexibility index (Phi) is 10.6. The summed E-state index contributed by atoms with van der Waals surface area (Å²) in [6, 6.07) is 30.7. The van der Waals surface area contributed by atoms with Crippen molar-refractivity contribution in [2.75, 3.05) is 0 Å². The number of rotatable bonds is 6.